The van der Waals surface area contributed by atoms with Crippen molar-refractivity contribution in [2.45, 2.75) is 13.5 Å². The maximum Gasteiger partial charge on any atom is 0.277 e. The first-order chi connectivity index (χ1) is 14.1. The molecule has 6 nitrogen and oxygen atoms in total. The molecule has 1 unspecified atom stereocenters. The Bertz CT molecular complexity index is 769. The lowest BCUT2D eigenvalue weighted by atomic mass is 10.2. The fourth-order valence-electron chi connectivity index (χ4n) is 3.66. The van der Waals surface area contributed by atoms with Crippen molar-refractivity contribution in [3.05, 3.63) is 54.1 Å². The summed E-state index contributed by atoms with van der Waals surface area (Å²) in [5.41, 5.74) is 2.39. The van der Waals surface area contributed by atoms with E-state index >= 15 is 0 Å². The van der Waals surface area contributed by atoms with Crippen LogP contribution in [0, 0.1) is 0 Å². The molecule has 0 radical (unpaired) electrons. The highest BCUT2D eigenvalue weighted by molar-refractivity contribution is 5.77. The number of amides is 1. The third-order valence-corrected chi connectivity index (χ3v) is 5.26. The van der Waals surface area contributed by atoms with Gasteiger partial charge in [-0.2, -0.15) is 0 Å². The van der Waals surface area contributed by atoms with Crippen LogP contribution in [-0.4, -0.2) is 64.3 Å². The Morgan fingerprint density at radius 2 is 1.59 bits per heavy atom. The average Bonchev–Trinajstić information content (AvgIpc) is 2.75. The molecule has 2 aromatic carbocycles. The number of anilines is 1. The van der Waals surface area contributed by atoms with E-state index in [1.807, 2.05) is 36.1 Å². The number of methoxy groups -OCH3 is 1. The molecule has 0 spiro atoms. The predicted octanol–water partition coefficient (Wildman–Crippen LogP) is 1.46. The Morgan fingerprint density at radius 1 is 0.966 bits per heavy atom. The topological polar surface area (TPSA) is 46.5 Å². The number of benzene rings is 2. The van der Waals surface area contributed by atoms with E-state index in [0.717, 1.165) is 44.2 Å². The van der Waals surface area contributed by atoms with Crippen LogP contribution in [0.25, 0.3) is 0 Å². The highest BCUT2D eigenvalue weighted by Gasteiger charge is 2.23. The minimum atomic E-state index is 0.225. The van der Waals surface area contributed by atoms with E-state index in [2.05, 4.69) is 36.2 Å². The number of nitrogens with zero attached hydrogens (tertiary/aromatic N) is 2. The predicted molar refractivity (Wildman–Crippen MR) is 115 cm³/mol. The number of rotatable bonds is 8. The summed E-state index contributed by atoms with van der Waals surface area (Å²) >= 11 is 0. The van der Waals surface area contributed by atoms with Gasteiger partial charge in [-0.1, -0.05) is 0 Å². The fraction of sp³-hybridized carbons (Fsp3) is 0.435. The molecule has 1 saturated heterocycles. The van der Waals surface area contributed by atoms with Crippen LogP contribution in [0.1, 0.15) is 12.5 Å². The summed E-state index contributed by atoms with van der Waals surface area (Å²) in [4.78, 5) is 18.2. The molecule has 1 heterocycles. The minimum Gasteiger partial charge on any atom is -0.497 e. The molecular weight excluding hydrogens is 366 g/mol. The number of hydrogen-bond donors (Lipinski definition) is 1. The van der Waals surface area contributed by atoms with Crippen LogP contribution >= 0.6 is 0 Å². The van der Waals surface area contributed by atoms with Crippen LogP contribution in [0.4, 0.5) is 5.69 Å². The number of likely N-dealkylation sites (N-methyl/N-ethyl adjacent to an activating group) is 1. The van der Waals surface area contributed by atoms with Crippen LogP contribution in [-0.2, 0) is 11.3 Å². The zero-order valence-electron chi connectivity index (χ0n) is 17.7. The quantitative estimate of drug-likeness (QED) is 0.731. The number of piperazine rings is 1. The summed E-state index contributed by atoms with van der Waals surface area (Å²) in [7, 11) is 3.75. The van der Waals surface area contributed by atoms with Crippen LogP contribution in [0.3, 0.4) is 0 Å². The van der Waals surface area contributed by atoms with Crippen LogP contribution in [0.5, 0.6) is 11.5 Å². The molecule has 29 heavy (non-hydrogen) atoms. The highest BCUT2D eigenvalue weighted by Crippen LogP contribution is 2.20. The van der Waals surface area contributed by atoms with E-state index in [4.69, 9.17) is 9.47 Å². The molecule has 2 aromatic rings. The Hall–Kier alpha value is -2.73. The molecule has 1 aliphatic rings. The first kappa shape index (κ1) is 21.0. The van der Waals surface area contributed by atoms with E-state index in [1.165, 1.54) is 16.2 Å². The second-order valence-corrected chi connectivity index (χ2v) is 7.45. The number of carbonyl (C=O) groups is 1. The van der Waals surface area contributed by atoms with Crippen LogP contribution in [0.15, 0.2) is 48.5 Å². The number of quaternary nitrogens is 1. The Kier molecular flexibility index (Phi) is 7.36. The Morgan fingerprint density at radius 3 is 2.17 bits per heavy atom. The van der Waals surface area contributed by atoms with Gasteiger partial charge in [0.05, 0.1) is 20.8 Å². The molecule has 1 N–H and O–H groups in total. The molecule has 3 rings (SSSR count). The van der Waals surface area contributed by atoms with Gasteiger partial charge in [0.2, 0.25) is 0 Å². The van der Waals surface area contributed by atoms with Crippen molar-refractivity contribution in [3.8, 4) is 11.5 Å². The van der Waals surface area contributed by atoms with Crippen molar-refractivity contribution in [2.24, 2.45) is 0 Å². The smallest absolute Gasteiger partial charge is 0.277 e. The van der Waals surface area contributed by atoms with Gasteiger partial charge in [-0.15, -0.1) is 0 Å². The van der Waals surface area contributed by atoms with Gasteiger partial charge in [-0.3, -0.25) is 4.79 Å². The molecule has 0 aliphatic carbocycles. The summed E-state index contributed by atoms with van der Waals surface area (Å²) in [6, 6.07) is 16.2. The van der Waals surface area contributed by atoms with Gasteiger partial charge in [-0.25, -0.2) is 0 Å². The van der Waals surface area contributed by atoms with E-state index in [1.54, 1.807) is 7.11 Å². The van der Waals surface area contributed by atoms with Crippen molar-refractivity contribution in [1.29, 1.82) is 0 Å². The third-order valence-electron chi connectivity index (χ3n) is 5.26. The maximum absolute atomic E-state index is 12.7. The Balaban J connectivity index is 1.44. The normalized spacial score (nSPS) is 15.1. The summed E-state index contributed by atoms with van der Waals surface area (Å²) in [5, 5.41) is 0. The van der Waals surface area contributed by atoms with E-state index in [9.17, 15) is 4.79 Å². The zero-order valence-corrected chi connectivity index (χ0v) is 17.7. The van der Waals surface area contributed by atoms with Gasteiger partial charge in [0.25, 0.3) is 5.91 Å². The fourth-order valence-corrected chi connectivity index (χ4v) is 3.66. The molecule has 0 saturated carbocycles. The van der Waals surface area contributed by atoms with E-state index in [0.29, 0.717) is 13.2 Å². The van der Waals surface area contributed by atoms with E-state index < -0.39 is 0 Å². The van der Waals surface area contributed by atoms with Crippen molar-refractivity contribution in [2.75, 3.05) is 58.4 Å². The molecule has 1 atom stereocenters. The largest absolute Gasteiger partial charge is 0.497 e. The van der Waals surface area contributed by atoms with Gasteiger partial charge >= 0.3 is 0 Å². The minimum absolute atomic E-state index is 0.225. The third kappa shape index (κ3) is 5.87. The van der Waals surface area contributed by atoms with Crippen molar-refractivity contribution < 1.29 is 19.2 Å². The molecule has 0 bridgehead atoms. The molecule has 1 amide bonds. The zero-order chi connectivity index (χ0) is 20.6. The molecule has 0 aromatic heterocycles. The average molecular weight is 399 g/mol. The first-order valence-electron chi connectivity index (χ1n) is 10.3. The number of hydrogen-bond acceptors (Lipinski definition) is 4. The lowest BCUT2D eigenvalue weighted by Gasteiger charge is -2.36. The summed E-state index contributed by atoms with van der Waals surface area (Å²) < 4.78 is 10.7. The van der Waals surface area contributed by atoms with Crippen LogP contribution < -0.4 is 19.3 Å². The lowest BCUT2D eigenvalue weighted by molar-refractivity contribution is -0.885. The summed E-state index contributed by atoms with van der Waals surface area (Å²) in [6.45, 7) is 7.23. The molecular formula is C23H32N3O3+. The number of nitrogens with one attached hydrogen (secondary N) is 1. The SMILES string of the molecule is CCOc1ccc(C[NH+](C)CC(=O)N2CCN(c3ccc(OC)cc3)CC2)cc1. The monoisotopic (exact) mass is 398 g/mol. The molecule has 1 aliphatic heterocycles. The Labute approximate surface area is 173 Å². The molecule has 6 heteroatoms. The first-order valence-corrected chi connectivity index (χ1v) is 10.3. The van der Waals surface area contributed by atoms with Gasteiger partial charge < -0.3 is 24.2 Å². The van der Waals surface area contributed by atoms with Gasteiger partial charge in [-0.05, 0) is 55.5 Å². The standard InChI is InChI=1S/C23H31N3O3/c1-4-29-22-9-5-19(6-10-22)17-24(2)18-23(27)26-15-13-25(14-16-26)20-7-11-21(28-3)12-8-20/h5-12H,4,13-18H2,1-3H3/p+1. The van der Waals surface area contributed by atoms with Gasteiger partial charge in [0.15, 0.2) is 6.54 Å². The number of carbonyl (C=O) groups excluding carboxylic acids is 1. The summed E-state index contributed by atoms with van der Waals surface area (Å²) in [6.07, 6.45) is 0. The lowest BCUT2D eigenvalue weighted by Crippen LogP contribution is -3.09. The van der Waals surface area contributed by atoms with Gasteiger partial charge in [0, 0.05) is 37.4 Å². The second-order valence-electron chi connectivity index (χ2n) is 7.45. The maximum atomic E-state index is 12.7. The molecule has 1 fully saturated rings. The van der Waals surface area contributed by atoms with Gasteiger partial charge in [0.1, 0.15) is 18.0 Å². The molecule has 156 valence electrons. The van der Waals surface area contributed by atoms with Crippen LogP contribution in [0.2, 0.25) is 0 Å². The van der Waals surface area contributed by atoms with Crippen molar-refractivity contribution in [3.63, 3.8) is 0 Å². The number of ether oxygens (including phenoxy) is 2. The van der Waals surface area contributed by atoms with Crippen molar-refractivity contribution in [1.82, 2.24) is 4.90 Å². The van der Waals surface area contributed by atoms with Crippen molar-refractivity contribution >= 4 is 11.6 Å². The summed E-state index contributed by atoms with van der Waals surface area (Å²) in [5.74, 6) is 1.98. The van der Waals surface area contributed by atoms with E-state index in [-0.39, 0.29) is 5.91 Å². The second kappa shape index (κ2) is 10.2. The highest BCUT2D eigenvalue weighted by atomic mass is 16.5.